The van der Waals surface area contributed by atoms with Gasteiger partial charge in [-0.3, -0.25) is 0 Å². The summed E-state index contributed by atoms with van der Waals surface area (Å²) in [5.41, 5.74) is 0. The summed E-state index contributed by atoms with van der Waals surface area (Å²) < 4.78 is 0. The molecule has 0 aromatic rings. The van der Waals surface area contributed by atoms with Gasteiger partial charge in [0.15, 0.2) is 0 Å². The Balaban J connectivity index is 3.51. The lowest BCUT2D eigenvalue weighted by molar-refractivity contribution is -0.107. The van der Waals surface area contributed by atoms with Gasteiger partial charge >= 0.3 is 0 Å². The maximum atomic E-state index is 10.3. The minimum absolute atomic E-state index is 0.735. The van der Waals surface area contributed by atoms with Gasteiger partial charge in [0, 0.05) is 6.42 Å². The van der Waals surface area contributed by atoms with Crippen LogP contribution < -0.4 is 5.32 Å². The SMILES string of the molecule is CCCCCCC(CCCCCC)CCCCCCCCNCCCCCC=O. The van der Waals surface area contributed by atoms with E-state index in [0.717, 1.165) is 31.6 Å². The quantitative estimate of drug-likeness (QED) is 0.121. The van der Waals surface area contributed by atoms with Gasteiger partial charge < -0.3 is 10.1 Å². The molecule has 0 rings (SSSR count). The Morgan fingerprint density at radius 1 is 0.552 bits per heavy atom. The lowest BCUT2D eigenvalue weighted by Crippen LogP contribution is -2.16. The molecule has 0 aromatic carbocycles. The van der Waals surface area contributed by atoms with Crippen LogP contribution in [0, 0.1) is 5.92 Å². The number of nitrogens with one attached hydrogen (secondary N) is 1. The van der Waals surface area contributed by atoms with Crippen LogP contribution in [0.15, 0.2) is 0 Å². The molecule has 0 atom stereocenters. The number of rotatable bonds is 25. The molecule has 0 heterocycles. The molecule has 2 heteroatoms. The van der Waals surface area contributed by atoms with E-state index in [9.17, 15) is 4.79 Å². The molecule has 0 saturated heterocycles. The van der Waals surface area contributed by atoms with Crippen LogP contribution in [-0.4, -0.2) is 19.4 Å². The molecule has 0 unspecified atom stereocenters. The van der Waals surface area contributed by atoms with Crippen molar-refractivity contribution in [1.82, 2.24) is 5.32 Å². The smallest absolute Gasteiger partial charge is 0.119 e. The highest BCUT2D eigenvalue weighted by molar-refractivity contribution is 5.48. The highest BCUT2D eigenvalue weighted by atomic mass is 16.1. The number of carbonyl (C=O) groups is 1. The molecule has 0 aliphatic rings. The summed E-state index contributed by atoms with van der Waals surface area (Å²) in [6.45, 7) is 6.93. The van der Waals surface area contributed by atoms with Crippen molar-refractivity contribution >= 4 is 6.29 Å². The second-order valence-corrected chi connectivity index (χ2v) is 9.24. The minimum atomic E-state index is 0.735. The molecule has 0 aliphatic carbocycles. The molecule has 0 saturated carbocycles. The third kappa shape index (κ3) is 23.8. The van der Waals surface area contributed by atoms with Crippen LogP contribution in [0.2, 0.25) is 0 Å². The summed E-state index contributed by atoms with van der Waals surface area (Å²) in [6, 6.07) is 0. The van der Waals surface area contributed by atoms with E-state index in [-0.39, 0.29) is 0 Å². The fourth-order valence-electron chi connectivity index (χ4n) is 4.32. The maximum absolute atomic E-state index is 10.3. The predicted molar refractivity (Wildman–Crippen MR) is 131 cm³/mol. The zero-order valence-corrected chi connectivity index (χ0v) is 20.3. The molecular weight excluding hydrogens is 354 g/mol. The fourth-order valence-corrected chi connectivity index (χ4v) is 4.32. The number of carbonyl (C=O) groups excluding carboxylic acids is 1. The van der Waals surface area contributed by atoms with Crippen molar-refractivity contribution in [3.63, 3.8) is 0 Å². The second-order valence-electron chi connectivity index (χ2n) is 9.24. The minimum Gasteiger partial charge on any atom is -0.317 e. The molecule has 0 fully saturated rings. The van der Waals surface area contributed by atoms with Gasteiger partial charge in [-0.1, -0.05) is 123 Å². The topological polar surface area (TPSA) is 29.1 Å². The Morgan fingerprint density at radius 3 is 1.45 bits per heavy atom. The fraction of sp³-hybridized carbons (Fsp3) is 0.963. The van der Waals surface area contributed by atoms with Crippen LogP contribution in [0.25, 0.3) is 0 Å². The van der Waals surface area contributed by atoms with Crippen LogP contribution in [0.1, 0.15) is 149 Å². The Labute approximate surface area is 184 Å². The molecule has 0 radical (unpaired) electrons. The van der Waals surface area contributed by atoms with Gasteiger partial charge in [0.1, 0.15) is 6.29 Å². The number of aldehydes is 1. The Hall–Kier alpha value is -0.370. The number of hydrogen-bond acceptors (Lipinski definition) is 2. The standard InChI is InChI=1S/C27H55NO/c1-3-5-7-15-21-27(22-16-8-6-4-2)23-17-11-9-10-12-18-24-28-25-19-13-14-20-26-29/h26-28H,3-25H2,1-2H3. The first kappa shape index (κ1) is 28.6. The first-order chi connectivity index (χ1) is 14.3. The number of hydrogen-bond donors (Lipinski definition) is 1. The third-order valence-corrected chi connectivity index (χ3v) is 6.32. The van der Waals surface area contributed by atoms with E-state index >= 15 is 0 Å². The molecule has 29 heavy (non-hydrogen) atoms. The normalized spacial score (nSPS) is 11.4. The lowest BCUT2D eigenvalue weighted by atomic mass is 9.89. The molecule has 0 spiro atoms. The van der Waals surface area contributed by atoms with E-state index < -0.39 is 0 Å². The first-order valence-electron chi connectivity index (χ1n) is 13.5. The summed E-state index contributed by atoms with van der Waals surface area (Å²) in [5, 5.41) is 3.55. The number of unbranched alkanes of at least 4 members (excludes halogenated alkanes) is 14. The summed E-state index contributed by atoms with van der Waals surface area (Å²) >= 11 is 0. The molecule has 174 valence electrons. The average Bonchev–Trinajstić information content (AvgIpc) is 2.73. The van der Waals surface area contributed by atoms with Crippen LogP contribution in [0.4, 0.5) is 0 Å². The Kier molecular flexibility index (Phi) is 25.3. The van der Waals surface area contributed by atoms with Gasteiger partial charge in [-0.2, -0.15) is 0 Å². The monoisotopic (exact) mass is 409 g/mol. The van der Waals surface area contributed by atoms with Crippen LogP contribution in [0.3, 0.4) is 0 Å². The van der Waals surface area contributed by atoms with Crippen LogP contribution >= 0.6 is 0 Å². The molecule has 1 N–H and O–H groups in total. The van der Waals surface area contributed by atoms with Gasteiger partial charge in [-0.25, -0.2) is 0 Å². The van der Waals surface area contributed by atoms with Gasteiger partial charge in [-0.15, -0.1) is 0 Å². The van der Waals surface area contributed by atoms with Crippen LogP contribution in [0.5, 0.6) is 0 Å². The summed E-state index contributed by atoms with van der Waals surface area (Å²) in [6.07, 6.45) is 29.6. The Bertz CT molecular complexity index is 293. The molecule has 0 amide bonds. The van der Waals surface area contributed by atoms with E-state index in [1.165, 1.54) is 129 Å². The van der Waals surface area contributed by atoms with Gasteiger partial charge in [0.05, 0.1) is 0 Å². The van der Waals surface area contributed by atoms with Crippen LogP contribution in [-0.2, 0) is 4.79 Å². The average molecular weight is 410 g/mol. The summed E-state index contributed by atoms with van der Waals surface area (Å²) in [4.78, 5) is 10.3. The molecule has 0 aliphatic heterocycles. The largest absolute Gasteiger partial charge is 0.317 e. The predicted octanol–water partition coefficient (Wildman–Crippen LogP) is 8.62. The third-order valence-electron chi connectivity index (χ3n) is 6.32. The summed E-state index contributed by atoms with van der Waals surface area (Å²) in [5.74, 6) is 1.01. The van der Waals surface area contributed by atoms with Crippen molar-refractivity contribution in [2.24, 2.45) is 5.92 Å². The summed E-state index contributed by atoms with van der Waals surface area (Å²) in [7, 11) is 0. The van der Waals surface area contributed by atoms with E-state index in [2.05, 4.69) is 19.2 Å². The van der Waals surface area contributed by atoms with E-state index in [0.29, 0.717) is 0 Å². The van der Waals surface area contributed by atoms with Crippen molar-refractivity contribution in [3.8, 4) is 0 Å². The zero-order valence-electron chi connectivity index (χ0n) is 20.3. The van der Waals surface area contributed by atoms with Crippen molar-refractivity contribution in [2.75, 3.05) is 13.1 Å². The van der Waals surface area contributed by atoms with E-state index in [4.69, 9.17) is 0 Å². The molecule has 2 nitrogen and oxygen atoms in total. The van der Waals surface area contributed by atoms with Gasteiger partial charge in [-0.05, 0) is 38.3 Å². The maximum Gasteiger partial charge on any atom is 0.119 e. The zero-order chi connectivity index (χ0) is 21.3. The second kappa shape index (κ2) is 25.7. The van der Waals surface area contributed by atoms with Crippen molar-refractivity contribution in [3.05, 3.63) is 0 Å². The highest BCUT2D eigenvalue weighted by Crippen LogP contribution is 2.24. The Morgan fingerprint density at radius 2 is 0.966 bits per heavy atom. The van der Waals surface area contributed by atoms with Crippen molar-refractivity contribution < 1.29 is 4.79 Å². The molecule has 0 bridgehead atoms. The molecular formula is C27H55NO. The lowest BCUT2D eigenvalue weighted by Gasteiger charge is -2.17. The van der Waals surface area contributed by atoms with Gasteiger partial charge in [0.25, 0.3) is 0 Å². The molecule has 0 aromatic heterocycles. The van der Waals surface area contributed by atoms with Crippen molar-refractivity contribution in [1.29, 1.82) is 0 Å². The van der Waals surface area contributed by atoms with Crippen molar-refractivity contribution in [2.45, 2.75) is 149 Å². The highest BCUT2D eigenvalue weighted by Gasteiger charge is 2.08. The van der Waals surface area contributed by atoms with E-state index in [1.54, 1.807) is 0 Å². The first-order valence-corrected chi connectivity index (χ1v) is 13.5. The van der Waals surface area contributed by atoms with E-state index in [1.807, 2.05) is 0 Å². The van der Waals surface area contributed by atoms with Gasteiger partial charge in [0.2, 0.25) is 0 Å².